The molecule has 78 valence electrons. The number of nitrogens with zero attached hydrogens (tertiary/aromatic N) is 3. The molecule has 0 N–H and O–H groups in total. The summed E-state index contributed by atoms with van der Waals surface area (Å²) in [5.74, 6) is 1.65. The third kappa shape index (κ3) is 2.24. The van der Waals surface area contributed by atoms with E-state index < -0.39 is 0 Å². The van der Waals surface area contributed by atoms with Crippen molar-refractivity contribution in [2.24, 2.45) is 0 Å². The highest BCUT2D eigenvalue weighted by Crippen LogP contribution is 2.24. The van der Waals surface area contributed by atoms with Crippen molar-refractivity contribution >= 4 is 23.1 Å². The van der Waals surface area contributed by atoms with Crippen molar-refractivity contribution in [1.82, 2.24) is 14.3 Å². The van der Waals surface area contributed by atoms with Gasteiger partial charge >= 0.3 is 0 Å². The maximum Gasteiger partial charge on any atom is 0.225 e. The van der Waals surface area contributed by atoms with Crippen LogP contribution < -0.4 is 4.74 Å². The van der Waals surface area contributed by atoms with Crippen LogP contribution in [0.4, 0.5) is 0 Å². The lowest BCUT2D eigenvalue weighted by Gasteiger charge is -1.95. The van der Waals surface area contributed by atoms with Crippen molar-refractivity contribution in [3.05, 3.63) is 24.0 Å². The second kappa shape index (κ2) is 4.55. The molecule has 15 heavy (non-hydrogen) atoms. The number of aromatic nitrogens is 3. The van der Waals surface area contributed by atoms with Crippen LogP contribution in [-0.4, -0.2) is 21.5 Å². The molecule has 0 radical (unpaired) electrons. The Morgan fingerprint density at radius 2 is 2.13 bits per heavy atom. The third-order valence-corrected chi connectivity index (χ3v) is 2.85. The van der Waals surface area contributed by atoms with Gasteiger partial charge in [0.2, 0.25) is 5.88 Å². The zero-order chi connectivity index (χ0) is 10.7. The summed E-state index contributed by atoms with van der Waals surface area (Å²) >= 11 is 6.95. The van der Waals surface area contributed by atoms with Crippen LogP contribution in [0.1, 0.15) is 5.56 Å². The number of halogens is 1. The van der Waals surface area contributed by atoms with Crippen molar-refractivity contribution in [3.8, 4) is 16.6 Å². The summed E-state index contributed by atoms with van der Waals surface area (Å²) in [6, 6.07) is 1.81. The van der Waals surface area contributed by atoms with Crippen molar-refractivity contribution in [1.29, 1.82) is 0 Å². The number of hydrogen-bond acceptors (Lipinski definition) is 5. The predicted octanol–water partition coefficient (Wildman–Crippen LogP) is 2.35. The highest BCUT2D eigenvalue weighted by atomic mass is 35.5. The highest BCUT2D eigenvalue weighted by Gasteiger charge is 2.06. The Morgan fingerprint density at radius 1 is 1.40 bits per heavy atom. The molecule has 2 rings (SSSR count). The van der Waals surface area contributed by atoms with Crippen LogP contribution in [0.25, 0.3) is 10.7 Å². The van der Waals surface area contributed by atoms with Crippen LogP contribution in [0.2, 0.25) is 0 Å². The average Bonchev–Trinajstić information content (AvgIpc) is 2.78. The van der Waals surface area contributed by atoms with Crippen LogP contribution in [0, 0.1) is 0 Å². The Labute approximate surface area is 96.1 Å². The molecule has 0 saturated carbocycles. The number of ether oxygens (including phenoxy) is 1. The first-order valence-corrected chi connectivity index (χ1v) is 5.52. The molecule has 4 nitrogen and oxygen atoms in total. The fourth-order valence-corrected chi connectivity index (χ4v) is 1.81. The van der Waals surface area contributed by atoms with Gasteiger partial charge in [0.1, 0.15) is 0 Å². The maximum atomic E-state index is 5.64. The van der Waals surface area contributed by atoms with Gasteiger partial charge in [0.25, 0.3) is 0 Å². The Morgan fingerprint density at radius 3 is 2.67 bits per heavy atom. The summed E-state index contributed by atoms with van der Waals surface area (Å²) in [7, 11) is 1.58. The minimum atomic E-state index is 0.423. The summed E-state index contributed by atoms with van der Waals surface area (Å²) in [4.78, 5) is 9.26. The van der Waals surface area contributed by atoms with E-state index in [1.54, 1.807) is 25.6 Å². The van der Waals surface area contributed by atoms with Gasteiger partial charge in [0, 0.05) is 24.0 Å². The zero-order valence-corrected chi connectivity index (χ0v) is 9.55. The van der Waals surface area contributed by atoms with E-state index in [2.05, 4.69) is 14.3 Å². The number of alkyl halides is 1. The van der Waals surface area contributed by atoms with E-state index in [-0.39, 0.29) is 0 Å². The summed E-state index contributed by atoms with van der Waals surface area (Å²) in [5.41, 5.74) is 0.900. The van der Waals surface area contributed by atoms with Crippen molar-refractivity contribution < 1.29 is 4.74 Å². The molecule has 0 atom stereocenters. The average molecular weight is 242 g/mol. The maximum absolute atomic E-state index is 5.64. The first-order valence-electron chi connectivity index (χ1n) is 4.21. The summed E-state index contributed by atoms with van der Waals surface area (Å²) in [6.45, 7) is 0. The molecule has 0 aliphatic heterocycles. The summed E-state index contributed by atoms with van der Waals surface area (Å²) in [5, 5.41) is 0. The first-order chi connectivity index (χ1) is 7.33. The molecular weight excluding hydrogens is 234 g/mol. The van der Waals surface area contributed by atoms with Gasteiger partial charge in [-0.1, -0.05) is 0 Å². The Hall–Kier alpha value is -1.20. The van der Waals surface area contributed by atoms with E-state index in [0.29, 0.717) is 17.6 Å². The minimum absolute atomic E-state index is 0.423. The Kier molecular flexibility index (Phi) is 3.13. The molecule has 0 fully saturated rings. The van der Waals surface area contributed by atoms with E-state index in [1.807, 2.05) is 0 Å². The monoisotopic (exact) mass is 241 g/mol. The molecule has 0 spiro atoms. The lowest BCUT2D eigenvalue weighted by atomic mass is 10.4. The van der Waals surface area contributed by atoms with Gasteiger partial charge in [0.15, 0.2) is 5.82 Å². The summed E-state index contributed by atoms with van der Waals surface area (Å²) < 4.78 is 9.05. The third-order valence-electron chi connectivity index (χ3n) is 1.78. The van der Waals surface area contributed by atoms with Crippen LogP contribution in [0.3, 0.4) is 0 Å². The number of methoxy groups -OCH3 is 1. The van der Waals surface area contributed by atoms with Crippen LogP contribution in [0.15, 0.2) is 18.5 Å². The van der Waals surface area contributed by atoms with E-state index in [9.17, 15) is 0 Å². The molecule has 6 heteroatoms. The molecule has 0 aliphatic rings. The molecule has 0 saturated heterocycles. The van der Waals surface area contributed by atoms with Crippen LogP contribution in [-0.2, 0) is 5.88 Å². The van der Waals surface area contributed by atoms with Gasteiger partial charge in [-0.25, -0.2) is 9.97 Å². The molecule has 0 aromatic carbocycles. The molecular formula is C9H8ClN3OS. The fraction of sp³-hybridized carbons (Fsp3) is 0.222. The van der Waals surface area contributed by atoms with Gasteiger partial charge in [-0.3, -0.25) is 0 Å². The quantitative estimate of drug-likeness (QED) is 0.774. The molecule has 0 amide bonds. The van der Waals surface area contributed by atoms with Gasteiger partial charge in [-0.05, 0) is 11.5 Å². The lowest BCUT2D eigenvalue weighted by Crippen LogP contribution is -1.88. The molecule has 0 bridgehead atoms. The Balaban J connectivity index is 2.28. The predicted molar refractivity (Wildman–Crippen MR) is 59.2 cm³/mol. The van der Waals surface area contributed by atoms with Gasteiger partial charge in [-0.15, -0.1) is 11.6 Å². The van der Waals surface area contributed by atoms with Gasteiger partial charge in [0.05, 0.1) is 17.9 Å². The fourth-order valence-electron chi connectivity index (χ4n) is 1.01. The first kappa shape index (κ1) is 10.3. The van der Waals surface area contributed by atoms with E-state index >= 15 is 0 Å². The molecule has 2 aromatic rings. The van der Waals surface area contributed by atoms with Gasteiger partial charge in [-0.2, -0.15) is 4.37 Å². The highest BCUT2D eigenvalue weighted by molar-refractivity contribution is 7.09. The zero-order valence-electron chi connectivity index (χ0n) is 7.98. The number of rotatable bonds is 3. The standard InChI is InChI=1S/C9H8ClN3OS/c1-14-8-2-7(15-13-8)9-11-4-6(3-10)5-12-9/h2,4-5H,3H2,1H3. The van der Waals surface area contributed by atoms with E-state index in [0.717, 1.165) is 10.4 Å². The van der Waals surface area contributed by atoms with Crippen LogP contribution >= 0.6 is 23.1 Å². The SMILES string of the molecule is COc1cc(-c2ncc(CCl)cn2)sn1. The second-order valence-corrected chi connectivity index (χ2v) is 3.85. The van der Waals surface area contributed by atoms with Gasteiger partial charge < -0.3 is 4.74 Å². The normalized spacial score (nSPS) is 10.3. The molecule has 0 unspecified atom stereocenters. The minimum Gasteiger partial charge on any atom is -0.480 e. The Bertz CT molecular complexity index is 443. The topological polar surface area (TPSA) is 47.9 Å². The molecule has 2 aromatic heterocycles. The van der Waals surface area contributed by atoms with Crippen molar-refractivity contribution in [3.63, 3.8) is 0 Å². The van der Waals surface area contributed by atoms with Crippen molar-refractivity contribution in [2.45, 2.75) is 5.88 Å². The van der Waals surface area contributed by atoms with Crippen molar-refractivity contribution in [2.75, 3.05) is 7.11 Å². The van der Waals surface area contributed by atoms with E-state index in [1.165, 1.54) is 11.5 Å². The largest absolute Gasteiger partial charge is 0.480 e. The molecule has 0 aliphatic carbocycles. The van der Waals surface area contributed by atoms with E-state index in [4.69, 9.17) is 16.3 Å². The summed E-state index contributed by atoms with van der Waals surface area (Å²) in [6.07, 6.45) is 3.42. The molecule has 2 heterocycles. The smallest absolute Gasteiger partial charge is 0.225 e. The lowest BCUT2D eigenvalue weighted by molar-refractivity contribution is 0.403. The second-order valence-electron chi connectivity index (χ2n) is 2.78. The number of hydrogen-bond donors (Lipinski definition) is 0. The van der Waals surface area contributed by atoms with Crippen LogP contribution in [0.5, 0.6) is 5.88 Å².